The zero-order chi connectivity index (χ0) is 13.8. The molecule has 0 bridgehead atoms. The number of hydrogen-bond donors (Lipinski definition) is 0. The summed E-state index contributed by atoms with van der Waals surface area (Å²) in [7, 11) is 1.82. The number of nitrogens with zero attached hydrogens (tertiary/aromatic N) is 1. The monoisotopic (exact) mass is 317 g/mol. The minimum atomic E-state index is 0.0444. The highest BCUT2D eigenvalue weighted by Gasteiger charge is 2.11. The molecule has 19 heavy (non-hydrogen) atoms. The lowest BCUT2D eigenvalue weighted by molar-refractivity contribution is 0.0785. The van der Waals surface area contributed by atoms with Gasteiger partial charge in [-0.2, -0.15) is 0 Å². The molecule has 0 fully saturated rings. The van der Waals surface area contributed by atoms with E-state index in [1.165, 1.54) is 0 Å². The van der Waals surface area contributed by atoms with Crippen LogP contribution in [0.15, 0.2) is 53.0 Å². The Morgan fingerprint density at radius 2 is 1.63 bits per heavy atom. The Balaban J connectivity index is 2.07. The van der Waals surface area contributed by atoms with Crippen LogP contribution in [0.25, 0.3) is 0 Å². The van der Waals surface area contributed by atoms with Crippen molar-refractivity contribution in [3.63, 3.8) is 0 Å². The molecular formula is C16H16BrNO. The molecule has 98 valence electrons. The summed E-state index contributed by atoms with van der Waals surface area (Å²) >= 11 is 3.40. The van der Waals surface area contributed by atoms with Crippen LogP contribution in [-0.4, -0.2) is 17.9 Å². The number of hydrogen-bond acceptors (Lipinski definition) is 1. The Kier molecular flexibility index (Phi) is 4.38. The van der Waals surface area contributed by atoms with E-state index < -0.39 is 0 Å². The first-order chi connectivity index (χ1) is 9.06. The molecule has 0 heterocycles. The molecule has 0 atom stereocenters. The van der Waals surface area contributed by atoms with Gasteiger partial charge in [0.2, 0.25) is 0 Å². The van der Waals surface area contributed by atoms with Crippen LogP contribution < -0.4 is 0 Å². The van der Waals surface area contributed by atoms with Crippen molar-refractivity contribution >= 4 is 21.8 Å². The molecule has 2 aromatic rings. The summed E-state index contributed by atoms with van der Waals surface area (Å²) in [5, 5.41) is 0. The second-order valence-electron chi connectivity index (χ2n) is 4.65. The van der Waals surface area contributed by atoms with Gasteiger partial charge in [-0.05, 0) is 36.8 Å². The van der Waals surface area contributed by atoms with E-state index in [0.29, 0.717) is 6.54 Å². The second kappa shape index (κ2) is 6.02. The van der Waals surface area contributed by atoms with Crippen LogP contribution >= 0.6 is 15.9 Å². The molecule has 0 aliphatic rings. The van der Waals surface area contributed by atoms with E-state index in [2.05, 4.69) is 15.9 Å². The molecule has 2 nitrogen and oxygen atoms in total. The fourth-order valence-corrected chi connectivity index (χ4v) is 2.12. The number of aryl methyl sites for hydroxylation is 1. The zero-order valence-electron chi connectivity index (χ0n) is 11.1. The summed E-state index contributed by atoms with van der Waals surface area (Å²) in [4.78, 5) is 14.0. The fraction of sp³-hybridized carbons (Fsp3) is 0.188. The smallest absolute Gasteiger partial charge is 0.253 e. The molecule has 0 unspecified atom stereocenters. The number of rotatable bonds is 3. The molecule has 0 aliphatic carbocycles. The fourth-order valence-electron chi connectivity index (χ4n) is 1.85. The van der Waals surface area contributed by atoms with Crippen LogP contribution in [0.5, 0.6) is 0 Å². The van der Waals surface area contributed by atoms with E-state index in [1.54, 1.807) is 4.90 Å². The van der Waals surface area contributed by atoms with E-state index in [0.717, 1.165) is 21.2 Å². The first-order valence-electron chi connectivity index (χ1n) is 6.13. The lowest BCUT2D eigenvalue weighted by atomic mass is 10.1. The average Bonchev–Trinajstić information content (AvgIpc) is 2.41. The highest BCUT2D eigenvalue weighted by molar-refractivity contribution is 9.10. The van der Waals surface area contributed by atoms with Crippen molar-refractivity contribution in [1.29, 1.82) is 0 Å². The van der Waals surface area contributed by atoms with Crippen molar-refractivity contribution in [2.24, 2.45) is 0 Å². The molecule has 0 aliphatic heterocycles. The highest BCUT2D eigenvalue weighted by atomic mass is 79.9. The Morgan fingerprint density at radius 1 is 1.05 bits per heavy atom. The molecule has 0 saturated carbocycles. The molecule has 0 spiro atoms. The first kappa shape index (κ1) is 13.8. The van der Waals surface area contributed by atoms with Crippen LogP contribution in [0.4, 0.5) is 0 Å². The van der Waals surface area contributed by atoms with Gasteiger partial charge in [0.25, 0.3) is 5.91 Å². The quantitative estimate of drug-likeness (QED) is 0.837. The molecule has 3 heteroatoms. The lowest BCUT2D eigenvalue weighted by Gasteiger charge is -2.17. The summed E-state index contributed by atoms with van der Waals surface area (Å²) in [6.45, 7) is 2.62. The Bertz CT molecular complexity index is 560. The van der Waals surface area contributed by atoms with Gasteiger partial charge in [-0.3, -0.25) is 4.79 Å². The van der Waals surface area contributed by atoms with Gasteiger partial charge in [0.05, 0.1) is 0 Å². The first-order valence-corrected chi connectivity index (χ1v) is 6.92. The summed E-state index contributed by atoms with van der Waals surface area (Å²) in [6, 6.07) is 15.7. The largest absolute Gasteiger partial charge is 0.337 e. The predicted molar refractivity (Wildman–Crippen MR) is 81.1 cm³/mol. The van der Waals surface area contributed by atoms with Crippen molar-refractivity contribution in [3.8, 4) is 0 Å². The number of benzene rings is 2. The van der Waals surface area contributed by atoms with E-state index in [4.69, 9.17) is 0 Å². The molecule has 2 rings (SSSR count). The number of amides is 1. The molecule has 2 aromatic carbocycles. The standard InChI is InChI=1S/C16H16BrNO/c1-12-3-7-14(8-4-12)16(19)18(2)11-13-5-9-15(17)10-6-13/h3-10H,11H2,1-2H3. The lowest BCUT2D eigenvalue weighted by Crippen LogP contribution is -2.26. The Hall–Kier alpha value is -1.61. The molecule has 1 amide bonds. The summed E-state index contributed by atoms with van der Waals surface area (Å²) in [6.07, 6.45) is 0. The third-order valence-electron chi connectivity index (χ3n) is 2.98. The van der Waals surface area contributed by atoms with Crippen LogP contribution in [0.1, 0.15) is 21.5 Å². The summed E-state index contributed by atoms with van der Waals surface area (Å²) < 4.78 is 1.05. The maximum atomic E-state index is 12.2. The highest BCUT2D eigenvalue weighted by Crippen LogP contribution is 2.13. The van der Waals surface area contributed by atoms with Gasteiger partial charge >= 0.3 is 0 Å². The number of carbonyl (C=O) groups excluding carboxylic acids is 1. The van der Waals surface area contributed by atoms with Crippen molar-refractivity contribution < 1.29 is 4.79 Å². The Labute approximate surface area is 122 Å². The maximum Gasteiger partial charge on any atom is 0.253 e. The van der Waals surface area contributed by atoms with Crippen molar-refractivity contribution in [1.82, 2.24) is 4.90 Å². The van der Waals surface area contributed by atoms with E-state index in [1.807, 2.05) is 62.5 Å². The molecule has 0 N–H and O–H groups in total. The maximum absolute atomic E-state index is 12.2. The molecule has 0 aromatic heterocycles. The van der Waals surface area contributed by atoms with Gasteiger partial charge in [-0.1, -0.05) is 45.8 Å². The average molecular weight is 318 g/mol. The minimum absolute atomic E-state index is 0.0444. The molecule has 0 radical (unpaired) electrons. The third kappa shape index (κ3) is 3.67. The zero-order valence-corrected chi connectivity index (χ0v) is 12.6. The second-order valence-corrected chi connectivity index (χ2v) is 5.57. The third-order valence-corrected chi connectivity index (χ3v) is 3.51. The van der Waals surface area contributed by atoms with Crippen LogP contribution in [0.2, 0.25) is 0 Å². The van der Waals surface area contributed by atoms with Crippen molar-refractivity contribution in [3.05, 3.63) is 69.7 Å². The topological polar surface area (TPSA) is 20.3 Å². The van der Waals surface area contributed by atoms with Gasteiger partial charge in [0, 0.05) is 23.6 Å². The Morgan fingerprint density at radius 3 is 2.21 bits per heavy atom. The SMILES string of the molecule is Cc1ccc(C(=O)N(C)Cc2ccc(Br)cc2)cc1. The number of carbonyl (C=O) groups is 1. The van der Waals surface area contributed by atoms with Gasteiger partial charge in [0.15, 0.2) is 0 Å². The minimum Gasteiger partial charge on any atom is -0.337 e. The van der Waals surface area contributed by atoms with Crippen LogP contribution in [0.3, 0.4) is 0 Å². The van der Waals surface area contributed by atoms with Gasteiger partial charge < -0.3 is 4.90 Å². The summed E-state index contributed by atoms with van der Waals surface area (Å²) in [5.74, 6) is 0.0444. The van der Waals surface area contributed by atoms with Crippen molar-refractivity contribution in [2.45, 2.75) is 13.5 Å². The van der Waals surface area contributed by atoms with Gasteiger partial charge in [-0.15, -0.1) is 0 Å². The predicted octanol–water partition coefficient (Wildman–Crippen LogP) is 4.03. The van der Waals surface area contributed by atoms with Crippen LogP contribution in [-0.2, 0) is 6.54 Å². The van der Waals surface area contributed by atoms with Gasteiger partial charge in [0.1, 0.15) is 0 Å². The van der Waals surface area contributed by atoms with E-state index >= 15 is 0 Å². The normalized spacial score (nSPS) is 10.3. The summed E-state index contributed by atoms with van der Waals surface area (Å²) in [5.41, 5.74) is 3.00. The van der Waals surface area contributed by atoms with Crippen molar-refractivity contribution in [2.75, 3.05) is 7.05 Å². The van der Waals surface area contributed by atoms with E-state index in [-0.39, 0.29) is 5.91 Å². The molecule has 0 saturated heterocycles. The van der Waals surface area contributed by atoms with E-state index in [9.17, 15) is 4.79 Å². The molecular weight excluding hydrogens is 302 g/mol. The van der Waals surface area contributed by atoms with Crippen LogP contribution in [0, 0.1) is 6.92 Å². The number of halogens is 1. The van der Waals surface area contributed by atoms with Gasteiger partial charge in [-0.25, -0.2) is 0 Å².